The topological polar surface area (TPSA) is 58.4 Å². The Kier molecular flexibility index (Phi) is 13.5. The van der Waals surface area contributed by atoms with Crippen molar-refractivity contribution in [3.05, 3.63) is 30.3 Å². The summed E-state index contributed by atoms with van der Waals surface area (Å²) in [7, 11) is 0. The van der Waals surface area contributed by atoms with Crippen molar-refractivity contribution in [3.63, 3.8) is 0 Å². The van der Waals surface area contributed by atoms with Crippen LogP contribution in [0.3, 0.4) is 0 Å². The summed E-state index contributed by atoms with van der Waals surface area (Å²) in [6.07, 6.45) is 0.936. The zero-order chi connectivity index (χ0) is 14.1. The van der Waals surface area contributed by atoms with Gasteiger partial charge in [0.1, 0.15) is 0 Å². The Bertz CT molecular complexity index is 376. The molecule has 6 heteroatoms. The normalized spacial score (nSPS) is 10.8. The van der Waals surface area contributed by atoms with Gasteiger partial charge in [-0.05, 0) is 25.5 Å². The molecule has 4 nitrogen and oxygen atoms in total. The Morgan fingerprint density at radius 1 is 1.29 bits per heavy atom. The van der Waals surface area contributed by atoms with Crippen LogP contribution in [0, 0.1) is 5.92 Å². The number of benzene rings is 1. The molecule has 0 bridgehead atoms. The highest BCUT2D eigenvalue weighted by Gasteiger charge is 2.09. The highest BCUT2D eigenvalue weighted by molar-refractivity contribution is 5.85. The Balaban J connectivity index is 0. The molecule has 0 heterocycles. The fourth-order valence-corrected chi connectivity index (χ4v) is 1.87. The lowest BCUT2D eigenvalue weighted by molar-refractivity contribution is -0.124. The molecule has 0 aliphatic carbocycles. The Labute approximate surface area is 140 Å². The molecule has 21 heavy (non-hydrogen) atoms. The third-order valence-electron chi connectivity index (χ3n) is 3.21. The molecule has 0 aliphatic heterocycles. The van der Waals surface area contributed by atoms with Gasteiger partial charge in [0.2, 0.25) is 5.91 Å². The molecule has 1 rings (SSSR count). The predicted octanol–water partition coefficient (Wildman–Crippen LogP) is 2.46. The Morgan fingerprint density at radius 3 is 2.43 bits per heavy atom. The van der Waals surface area contributed by atoms with Crippen molar-refractivity contribution >= 4 is 36.4 Å². The minimum absolute atomic E-state index is 0. The van der Waals surface area contributed by atoms with Gasteiger partial charge in [0.15, 0.2) is 0 Å². The van der Waals surface area contributed by atoms with Crippen LogP contribution in [-0.2, 0) is 4.79 Å². The van der Waals surface area contributed by atoms with Crippen molar-refractivity contribution < 1.29 is 4.79 Å². The Morgan fingerprint density at radius 2 is 1.90 bits per heavy atom. The van der Waals surface area contributed by atoms with Crippen LogP contribution in [-0.4, -0.2) is 32.1 Å². The minimum atomic E-state index is -0.101. The van der Waals surface area contributed by atoms with Crippen LogP contribution in [0.25, 0.3) is 0 Å². The summed E-state index contributed by atoms with van der Waals surface area (Å²) in [5, 5.41) is 2.92. The molecule has 1 amide bonds. The molecular weight excluding hydrogens is 309 g/mol. The van der Waals surface area contributed by atoms with Crippen LogP contribution < -0.4 is 16.0 Å². The molecule has 1 aromatic rings. The number of anilines is 1. The molecule has 0 fully saturated rings. The van der Waals surface area contributed by atoms with Gasteiger partial charge >= 0.3 is 0 Å². The number of rotatable bonds is 8. The SMILES string of the molecule is CCN(CCCNC(=O)C(C)CN)c1ccccc1.Cl.Cl. The van der Waals surface area contributed by atoms with E-state index in [1.54, 1.807) is 0 Å². The summed E-state index contributed by atoms with van der Waals surface area (Å²) in [6, 6.07) is 10.3. The number of nitrogens with one attached hydrogen (secondary N) is 1. The zero-order valence-electron chi connectivity index (χ0n) is 12.7. The zero-order valence-corrected chi connectivity index (χ0v) is 14.4. The molecule has 0 spiro atoms. The van der Waals surface area contributed by atoms with Crippen LogP contribution >= 0.6 is 24.8 Å². The molecular formula is C15H27Cl2N3O. The number of amides is 1. The smallest absolute Gasteiger partial charge is 0.224 e. The monoisotopic (exact) mass is 335 g/mol. The van der Waals surface area contributed by atoms with Gasteiger partial charge in [-0.2, -0.15) is 0 Å². The van der Waals surface area contributed by atoms with E-state index in [-0.39, 0.29) is 36.6 Å². The second-order valence-electron chi connectivity index (χ2n) is 4.70. The average Bonchev–Trinajstić information content (AvgIpc) is 2.47. The van der Waals surface area contributed by atoms with E-state index in [4.69, 9.17) is 5.73 Å². The standard InChI is InChI=1S/C15H25N3O.2ClH/c1-3-18(14-8-5-4-6-9-14)11-7-10-17-15(19)13(2)12-16;;/h4-6,8-9,13H,3,7,10-12,16H2,1-2H3,(H,17,19);2*1H. The molecule has 1 atom stereocenters. The number of para-hydroxylation sites is 1. The number of carbonyl (C=O) groups excluding carboxylic acids is 1. The Hall–Kier alpha value is -0.970. The van der Waals surface area contributed by atoms with Gasteiger partial charge in [-0.25, -0.2) is 0 Å². The average molecular weight is 336 g/mol. The molecule has 1 unspecified atom stereocenters. The van der Waals surface area contributed by atoms with Gasteiger partial charge in [0, 0.05) is 37.8 Å². The van der Waals surface area contributed by atoms with Crippen molar-refractivity contribution in [2.75, 3.05) is 31.1 Å². The fourth-order valence-electron chi connectivity index (χ4n) is 1.87. The largest absolute Gasteiger partial charge is 0.372 e. The van der Waals surface area contributed by atoms with Crippen molar-refractivity contribution in [1.29, 1.82) is 0 Å². The number of halogens is 2. The van der Waals surface area contributed by atoms with Crippen LogP contribution in [0.2, 0.25) is 0 Å². The maximum absolute atomic E-state index is 11.6. The molecule has 3 N–H and O–H groups in total. The first-order chi connectivity index (χ1) is 9.19. The first kappa shape index (κ1) is 22.3. The molecule has 0 saturated carbocycles. The lowest BCUT2D eigenvalue weighted by Crippen LogP contribution is -2.35. The van der Waals surface area contributed by atoms with Crippen molar-refractivity contribution in [3.8, 4) is 0 Å². The van der Waals surface area contributed by atoms with Crippen LogP contribution in [0.5, 0.6) is 0 Å². The predicted molar refractivity (Wildman–Crippen MR) is 94.7 cm³/mol. The van der Waals surface area contributed by atoms with Gasteiger partial charge in [0.25, 0.3) is 0 Å². The number of hydrogen-bond acceptors (Lipinski definition) is 3. The molecule has 1 aromatic carbocycles. The summed E-state index contributed by atoms with van der Waals surface area (Å²) in [5.41, 5.74) is 6.68. The number of nitrogens with zero attached hydrogens (tertiary/aromatic N) is 1. The van der Waals surface area contributed by atoms with E-state index in [0.29, 0.717) is 13.1 Å². The van der Waals surface area contributed by atoms with E-state index in [1.807, 2.05) is 25.1 Å². The van der Waals surface area contributed by atoms with Gasteiger partial charge < -0.3 is 16.0 Å². The lowest BCUT2D eigenvalue weighted by Gasteiger charge is -2.23. The van der Waals surface area contributed by atoms with E-state index in [0.717, 1.165) is 19.5 Å². The molecule has 0 aliphatic rings. The summed E-state index contributed by atoms with van der Waals surface area (Å²) in [4.78, 5) is 13.9. The summed E-state index contributed by atoms with van der Waals surface area (Å²) in [6.45, 7) is 7.00. The summed E-state index contributed by atoms with van der Waals surface area (Å²) < 4.78 is 0. The lowest BCUT2D eigenvalue weighted by atomic mass is 10.1. The van der Waals surface area contributed by atoms with E-state index in [1.165, 1.54) is 5.69 Å². The number of nitrogens with two attached hydrogens (primary N) is 1. The first-order valence-corrected chi connectivity index (χ1v) is 6.96. The third kappa shape index (κ3) is 8.15. The fraction of sp³-hybridized carbons (Fsp3) is 0.533. The maximum atomic E-state index is 11.6. The number of hydrogen-bond donors (Lipinski definition) is 2. The maximum Gasteiger partial charge on any atom is 0.224 e. The second-order valence-corrected chi connectivity index (χ2v) is 4.70. The first-order valence-electron chi connectivity index (χ1n) is 6.96. The third-order valence-corrected chi connectivity index (χ3v) is 3.21. The van der Waals surface area contributed by atoms with Crippen LogP contribution in [0.4, 0.5) is 5.69 Å². The van der Waals surface area contributed by atoms with E-state index < -0.39 is 0 Å². The minimum Gasteiger partial charge on any atom is -0.372 e. The van der Waals surface area contributed by atoms with Gasteiger partial charge in [-0.1, -0.05) is 25.1 Å². The second kappa shape index (κ2) is 12.7. The van der Waals surface area contributed by atoms with Crippen molar-refractivity contribution in [2.24, 2.45) is 11.7 Å². The van der Waals surface area contributed by atoms with Gasteiger partial charge in [-0.15, -0.1) is 24.8 Å². The molecule has 122 valence electrons. The highest BCUT2D eigenvalue weighted by Crippen LogP contribution is 2.12. The molecule has 0 radical (unpaired) electrons. The van der Waals surface area contributed by atoms with E-state index >= 15 is 0 Å². The molecule has 0 aromatic heterocycles. The summed E-state index contributed by atoms with van der Waals surface area (Å²) in [5.74, 6) is -0.0540. The highest BCUT2D eigenvalue weighted by atomic mass is 35.5. The van der Waals surface area contributed by atoms with Gasteiger partial charge in [0.05, 0.1) is 0 Å². The number of carbonyl (C=O) groups is 1. The van der Waals surface area contributed by atoms with Crippen LogP contribution in [0.15, 0.2) is 30.3 Å². The summed E-state index contributed by atoms with van der Waals surface area (Å²) >= 11 is 0. The van der Waals surface area contributed by atoms with Gasteiger partial charge in [-0.3, -0.25) is 4.79 Å². The van der Waals surface area contributed by atoms with E-state index in [9.17, 15) is 4.79 Å². The van der Waals surface area contributed by atoms with Crippen molar-refractivity contribution in [2.45, 2.75) is 20.3 Å². The van der Waals surface area contributed by atoms with Crippen molar-refractivity contribution in [1.82, 2.24) is 5.32 Å². The molecule has 0 saturated heterocycles. The quantitative estimate of drug-likeness (QED) is 0.717. The van der Waals surface area contributed by atoms with Crippen LogP contribution in [0.1, 0.15) is 20.3 Å². The van der Waals surface area contributed by atoms with E-state index in [2.05, 4.69) is 29.3 Å².